The average Bonchev–Trinajstić information content (AvgIpc) is 2.80. The first kappa shape index (κ1) is 10.5. The first-order valence-corrected chi connectivity index (χ1v) is 5.60. The summed E-state index contributed by atoms with van der Waals surface area (Å²) >= 11 is 1.54. The van der Waals surface area contributed by atoms with Crippen molar-refractivity contribution >= 4 is 17.0 Å². The molecule has 2 aromatic rings. The van der Waals surface area contributed by atoms with Gasteiger partial charge in [0.15, 0.2) is 0 Å². The van der Waals surface area contributed by atoms with Crippen molar-refractivity contribution in [3.63, 3.8) is 0 Å². The zero-order valence-electron chi connectivity index (χ0n) is 8.51. The number of rotatable bonds is 3. The van der Waals surface area contributed by atoms with Crippen LogP contribution in [0, 0.1) is 12.3 Å². The summed E-state index contributed by atoms with van der Waals surface area (Å²) in [5.74, 6) is 3.20. The maximum Gasteiger partial charge on any atom is 0.135 e. The van der Waals surface area contributed by atoms with E-state index in [1.54, 1.807) is 23.7 Å². The summed E-state index contributed by atoms with van der Waals surface area (Å²) in [5, 5.41) is 1.94. The van der Waals surface area contributed by atoms with E-state index in [0.717, 1.165) is 5.69 Å². The quantitative estimate of drug-likeness (QED) is 0.650. The normalized spacial score (nSPS) is 9.69. The fourth-order valence-corrected chi connectivity index (χ4v) is 1.79. The SMILES string of the molecule is C#Cc1cc(N)ccc1OCc1cscn1. The third kappa shape index (κ3) is 2.33. The van der Waals surface area contributed by atoms with E-state index in [2.05, 4.69) is 10.9 Å². The summed E-state index contributed by atoms with van der Waals surface area (Å²) in [7, 11) is 0. The Morgan fingerprint density at radius 1 is 1.50 bits per heavy atom. The summed E-state index contributed by atoms with van der Waals surface area (Å²) in [6, 6.07) is 5.25. The fourth-order valence-electron chi connectivity index (χ4n) is 1.25. The van der Waals surface area contributed by atoms with E-state index in [4.69, 9.17) is 16.9 Å². The summed E-state index contributed by atoms with van der Waals surface area (Å²) < 4.78 is 5.57. The maximum atomic E-state index is 5.63. The summed E-state index contributed by atoms with van der Waals surface area (Å²) in [6.07, 6.45) is 5.37. The molecule has 0 amide bonds. The van der Waals surface area contributed by atoms with Crippen molar-refractivity contribution in [3.05, 3.63) is 40.3 Å². The molecule has 1 heterocycles. The van der Waals surface area contributed by atoms with E-state index in [0.29, 0.717) is 23.6 Å². The van der Waals surface area contributed by atoms with Crippen LogP contribution in [0.2, 0.25) is 0 Å². The Morgan fingerprint density at radius 3 is 3.06 bits per heavy atom. The third-order valence-electron chi connectivity index (χ3n) is 2.02. The van der Waals surface area contributed by atoms with Gasteiger partial charge in [0.1, 0.15) is 12.4 Å². The lowest BCUT2D eigenvalue weighted by Gasteiger charge is -2.07. The zero-order chi connectivity index (χ0) is 11.4. The number of benzene rings is 1. The van der Waals surface area contributed by atoms with Gasteiger partial charge >= 0.3 is 0 Å². The molecule has 2 N–H and O–H groups in total. The Morgan fingerprint density at radius 2 is 2.38 bits per heavy atom. The van der Waals surface area contributed by atoms with Crippen molar-refractivity contribution in [3.8, 4) is 18.1 Å². The van der Waals surface area contributed by atoms with Crippen LogP contribution in [0.5, 0.6) is 5.75 Å². The number of nitrogen functional groups attached to an aromatic ring is 1. The van der Waals surface area contributed by atoms with Crippen molar-refractivity contribution in [1.29, 1.82) is 0 Å². The average molecular weight is 230 g/mol. The standard InChI is InChI=1S/C12H10N2OS/c1-2-9-5-10(13)3-4-12(9)15-6-11-7-16-8-14-11/h1,3-5,7-8H,6,13H2. The van der Waals surface area contributed by atoms with Gasteiger partial charge in [-0.3, -0.25) is 0 Å². The second kappa shape index (κ2) is 4.69. The van der Waals surface area contributed by atoms with Crippen molar-refractivity contribution in [2.45, 2.75) is 6.61 Å². The molecule has 1 aromatic heterocycles. The predicted octanol–water partition coefficient (Wildman–Crippen LogP) is 2.29. The van der Waals surface area contributed by atoms with Crippen molar-refractivity contribution in [2.24, 2.45) is 0 Å². The zero-order valence-corrected chi connectivity index (χ0v) is 9.33. The van der Waals surface area contributed by atoms with Crippen LogP contribution in [-0.4, -0.2) is 4.98 Å². The Labute approximate surface area is 97.9 Å². The van der Waals surface area contributed by atoms with Crippen LogP contribution in [0.25, 0.3) is 0 Å². The largest absolute Gasteiger partial charge is 0.486 e. The number of aromatic nitrogens is 1. The molecule has 0 aliphatic heterocycles. The van der Waals surface area contributed by atoms with Gasteiger partial charge in [0.05, 0.1) is 16.8 Å². The molecule has 16 heavy (non-hydrogen) atoms. The summed E-state index contributed by atoms with van der Waals surface area (Å²) in [4.78, 5) is 4.12. The Bertz CT molecular complexity index is 514. The molecule has 0 bridgehead atoms. The van der Waals surface area contributed by atoms with Gasteiger partial charge in [0, 0.05) is 11.1 Å². The number of terminal acetylenes is 1. The highest BCUT2D eigenvalue weighted by atomic mass is 32.1. The summed E-state index contributed by atoms with van der Waals surface area (Å²) in [5.41, 5.74) is 9.59. The number of nitrogens with zero attached hydrogens (tertiary/aromatic N) is 1. The second-order valence-electron chi connectivity index (χ2n) is 3.17. The molecule has 0 saturated heterocycles. The number of anilines is 1. The molecule has 0 aliphatic rings. The van der Waals surface area contributed by atoms with Crippen LogP contribution in [-0.2, 0) is 6.61 Å². The van der Waals surface area contributed by atoms with Gasteiger partial charge in [-0.05, 0) is 18.2 Å². The van der Waals surface area contributed by atoms with Gasteiger partial charge in [0.25, 0.3) is 0 Å². The van der Waals surface area contributed by atoms with Crippen molar-refractivity contribution in [1.82, 2.24) is 4.98 Å². The Hall–Kier alpha value is -1.99. The minimum Gasteiger partial charge on any atom is -0.486 e. The van der Waals surface area contributed by atoms with E-state index in [1.807, 2.05) is 5.38 Å². The summed E-state index contributed by atoms with van der Waals surface area (Å²) in [6.45, 7) is 0.419. The van der Waals surface area contributed by atoms with E-state index < -0.39 is 0 Å². The van der Waals surface area contributed by atoms with Gasteiger partial charge in [-0.2, -0.15) is 0 Å². The molecule has 0 atom stereocenters. The highest BCUT2D eigenvalue weighted by Crippen LogP contribution is 2.21. The van der Waals surface area contributed by atoms with Crippen LogP contribution in [0.1, 0.15) is 11.3 Å². The second-order valence-corrected chi connectivity index (χ2v) is 3.89. The lowest BCUT2D eigenvalue weighted by Crippen LogP contribution is -1.98. The van der Waals surface area contributed by atoms with Gasteiger partial charge in [-0.15, -0.1) is 17.8 Å². The monoisotopic (exact) mass is 230 g/mol. The number of hydrogen-bond acceptors (Lipinski definition) is 4. The first-order chi connectivity index (χ1) is 7.79. The van der Waals surface area contributed by atoms with Gasteiger partial charge in [0.2, 0.25) is 0 Å². The van der Waals surface area contributed by atoms with E-state index in [1.165, 1.54) is 11.3 Å². The predicted molar refractivity (Wildman–Crippen MR) is 65.2 cm³/mol. The van der Waals surface area contributed by atoms with Crippen LogP contribution >= 0.6 is 11.3 Å². The van der Waals surface area contributed by atoms with Crippen molar-refractivity contribution in [2.75, 3.05) is 5.73 Å². The maximum absolute atomic E-state index is 5.63. The fraction of sp³-hybridized carbons (Fsp3) is 0.0833. The van der Waals surface area contributed by atoms with Crippen LogP contribution in [0.15, 0.2) is 29.1 Å². The van der Waals surface area contributed by atoms with Crippen molar-refractivity contribution < 1.29 is 4.74 Å². The number of thiazole rings is 1. The molecular formula is C12H10N2OS. The minimum atomic E-state index is 0.419. The number of nitrogens with two attached hydrogens (primary N) is 1. The minimum absolute atomic E-state index is 0.419. The van der Waals surface area contributed by atoms with Gasteiger partial charge < -0.3 is 10.5 Å². The number of ether oxygens (including phenoxy) is 1. The highest BCUT2D eigenvalue weighted by molar-refractivity contribution is 7.07. The molecule has 0 saturated carbocycles. The Balaban J connectivity index is 2.13. The first-order valence-electron chi connectivity index (χ1n) is 4.65. The highest BCUT2D eigenvalue weighted by Gasteiger charge is 2.03. The molecule has 4 heteroatoms. The topological polar surface area (TPSA) is 48.1 Å². The molecule has 3 nitrogen and oxygen atoms in total. The van der Waals surface area contributed by atoms with Crippen LogP contribution < -0.4 is 10.5 Å². The van der Waals surface area contributed by atoms with E-state index >= 15 is 0 Å². The molecule has 0 spiro atoms. The number of hydrogen-bond donors (Lipinski definition) is 1. The van der Waals surface area contributed by atoms with E-state index in [-0.39, 0.29) is 0 Å². The van der Waals surface area contributed by atoms with Crippen LogP contribution in [0.4, 0.5) is 5.69 Å². The lowest BCUT2D eigenvalue weighted by atomic mass is 10.2. The molecule has 0 unspecified atom stereocenters. The van der Waals surface area contributed by atoms with Crippen LogP contribution in [0.3, 0.4) is 0 Å². The van der Waals surface area contributed by atoms with Gasteiger partial charge in [-0.25, -0.2) is 4.98 Å². The molecule has 2 rings (SSSR count). The molecular weight excluding hydrogens is 220 g/mol. The molecule has 0 fully saturated rings. The molecule has 1 aromatic carbocycles. The molecule has 0 aliphatic carbocycles. The molecule has 0 radical (unpaired) electrons. The smallest absolute Gasteiger partial charge is 0.135 e. The Kier molecular flexibility index (Phi) is 3.08. The lowest BCUT2D eigenvalue weighted by molar-refractivity contribution is 0.301. The van der Waals surface area contributed by atoms with E-state index in [9.17, 15) is 0 Å². The van der Waals surface area contributed by atoms with Gasteiger partial charge in [-0.1, -0.05) is 5.92 Å². The third-order valence-corrected chi connectivity index (χ3v) is 2.65. The molecule has 80 valence electrons.